The van der Waals surface area contributed by atoms with Gasteiger partial charge in [0.2, 0.25) is 0 Å². The predicted molar refractivity (Wildman–Crippen MR) is 128 cm³/mol. The van der Waals surface area contributed by atoms with Crippen LogP contribution in [0.1, 0.15) is 17.2 Å². The summed E-state index contributed by atoms with van der Waals surface area (Å²) in [5.41, 5.74) is 2.08. The van der Waals surface area contributed by atoms with Gasteiger partial charge < -0.3 is 28.6 Å². The Balaban J connectivity index is 1.58. The van der Waals surface area contributed by atoms with Crippen LogP contribution in [0, 0.1) is 0 Å². The lowest BCUT2D eigenvalue weighted by Gasteiger charge is -2.37. The summed E-state index contributed by atoms with van der Waals surface area (Å²) in [5.74, 6) is 3.29. The Bertz CT molecular complexity index is 1100. The SMILES string of the molecule is COc1ccc(OCC2c3cc(OC)c(OC)cc3CCN2C(=O)COc2ccccc2)cc1. The van der Waals surface area contributed by atoms with E-state index in [0.717, 1.165) is 16.9 Å². The van der Waals surface area contributed by atoms with E-state index in [1.54, 1.807) is 21.3 Å². The number of ether oxygens (including phenoxy) is 5. The van der Waals surface area contributed by atoms with Gasteiger partial charge >= 0.3 is 0 Å². The van der Waals surface area contributed by atoms with E-state index in [4.69, 9.17) is 23.7 Å². The number of rotatable bonds is 9. The fourth-order valence-corrected chi connectivity index (χ4v) is 4.10. The molecule has 4 rings (SSSR count). The Hall–Kier alpha value is -3.87. The molecule has 1 amide bonds. The van der Waals surface area contributed by atoms with Crippen LogP contribution in [0.15, 0.2) is 66.7 Å². The molecule has 7 heteroatoms. The van der Waals surface area contributed by atoms with Gasteiger partial charge in [-0.25, -0.2) is 0 Å². The van der Waals surface area contributed by atoms with Crippen molar-refractivity contribution in [1.82, 2.24) is 4.90 Å². The number of fused-ring (bicyclic) bond motifs is 1. The molecule has 0 saturated carbocycles. The molecule has 34 heavy (non-hydrogen) atoms. The third-order valence-corrected chi connectivity index (χ3v) is 5.90. The molecule has 3 aromatic rings. The summed E-state index contributed by atoms with van der Waals surface area (Å²) in [6, 6.07) is 20.3. The van der Waals surface area contributed by atoms with E-state index in [1.807, 2.05) is 71.6 Å². The molecule has 1 atom stereocenters. The number of carbonyl (C=O) groups is 1. The van der Waals surface area contributed by atoms with Gasteiger partial charge in [-0.3, -0.25) is 4.79 Å². The first-order chi connectivity index (χ1) is 16.6. The lowest BCUT2D eigenvalue weighted by Crippen LogP contribution is -2.44. The number of carbonyl (C=O) groups excluding carboxylic acids is 1. The highest BCUT2D eigenvalue weighted by Crippen LogP contribution is 2.38. The summed E-state index contributed by atoms with van der Waals surface area (Å²) in [5, 5.41) is 0. The maximum Gasteiger partial charge on any atom is 0.261 e. The summed E-state index contributed by atoms with van der Waals surface area (Å²) >= 11 is 0. The van der Waals surface area contributed by atoms with Crippen molar-refractivity contribution in [2.24, 2.45) is 0 Å². The van der Waals surface area contributed by atoms with Crippen LogP contribution in [0.2, 0.25) is 0 Å². The molecule has 1 unspecified atom stereocenters. The van der Waals surface area contributed by atoms with Gasteiger partial charge in [-0.15, -0.1) is 0 Å². The molecule has 3 aromatic carbocycles. The molecule has 0 saturated heterocycles. The maximum atomic E-state index is 13.2. The molecule has 7 nitrogen and oxygen atoms in total. The number of nitrogens with zero attached hydrogens (tertiary/aromatic N) is 1. The normalized spacial score (nSPS) is 14.7. The number of methoxy groups -OCH3 is 3. The predicted octanol–water partition coefficient (Wildman–Crippen LogP) is 4.30. The van der Waals surface area contributed by atoms with Crippen LogP contribution >= 0.6 is 0 Å². The first-order valence-electron chi connectivity index (χ1n) is 11.1. The second-order valence-corrected chi connectivity index (χ2v) is 7.85. The molecule has 1 aliphatic heterocycles. The average molecular weight is 464 g/mol. The van der Waals surface area contributed by atoms with Crippen molar-refractivity contribution < 1.29 is 28.5 Å². The highest BCUT2D eigenvalue weighted by atomic mass is 16.5. The zero-order valence-corrected chi connectivity index (χ0v) is 19.7. The zero-order valence-electron chi connectivity index (χ0n) is 19.7. The molecule has 0 radical (unpaired) electrons. The summed E-state index contributed by atoms with van der Waals surface area (Å²) in [6.07, 6.45) is 0.700. The van der Waals surface area contributed by atoms with Crippen molar-refractivity contribution >= 4 is 5.91 Å². The average Bonchev–Trinajstić information content (AvgIpc) is 2.90. The van der Waals surface area contributed by atoms with E-state index in [1.165, 1.54) is 0 Å². The van der Waals surface area contributed by atoms with E-state index < -0.39 is 0 Å². The fourth-order valence-electron chi connectivity index (χ4n) is 4.10. The molecule has 1 heterocycles. The van der Waals surface area contributed by atoms with Crippen molar-refractivity contribution in [2.45, 2.75) is 12.5 Å². The monoisotopic (exact) mass is 463 g/mol. The zero-order chi connectivity index (χ0) is 23.9. The Morgan fingerprint density at radius 2 is 1.47 bits per heavy atom. The van der Waals surface area contributed by atoms with Crippen LogP contribution < -0.4 is 23.7 Å². The molecule has 0 fully saturated rings. The van der Waals surface area contributed by atoms with Gasteiger partial charge in [0.25, 0.3) is 5.91 Å². The van der Waals surface area contributed by atoms with E-state index in [0.29, 0.717) is 36.0 Å². The van der Waals surface area contributed by atoms with Crippen LogP contribution in [-0.4, -0.2) is 51.9 Å². The minimum Gasteiger partial charge on any atom is -0.497 e. The van der Waals surface area contributed by atoms with Gasteiger partial charge in [-0.2, -0.15) is 0 Å². The van der Waals surface area contributed by atoms with Crippen molar-refractivity contribution in [3.05, 3.63) is 77.9 Å². The lowest BCUT2D eigenvalue weighted by molar-refractivity contribution is -0.137. The van der Waals surface area contributed by atoms with Gasteiger partial charge in [0.15, 0.2) is 18.1 Å². The fraction of sp³-hybridized carbons (Fsp3) is 0.296. The van der Waals surface area contributed by atoms with Crippen LogP contribution in [0.25, 0.3) is 0 Å². The lowest BCUT2D eigenvalue weighted by atomic mass is 9.92. The molecule has 0 spiro atoms. The molecule has 178 valence electrons. The molecule has 1 aliphatic rings. The highest BCUT2D eigenvalue weighted by molar-refractivity contribution is 5.79. The maximum absolute atomic E-state index is 13.2. The van der Waals surface area contributed by atoms with Crippen LogP contribution in [0.3, 0.4) is 0 Å². The second kappa shape index (κ2) is 10.8. The molecule has 0 aliphatic carbocycles. The second-order valence-electron chi connectivity index (χ2n) is 7.85. The topological polar surface area (TPSA) is 66.5 Å². The molecule has 0 aromatic heterocycles. The van der Waals surface area contributed by atoms with E-state index in [2.05, 4.69) is 0 Å². The summed E-state index contributed by atoms with van der Waals surface area (Å²) < 4.78 is 28.1. The van der Waals surface area contributed by atoms with Crippen LogP contribution in [0.5, 0.6) is 28.7 Å². The Labute approximate surface area is 199 Å². The number of benzene rings is 3. The smallest absolute Gasteiger partial charge is 0.261 e. The summed E-state index contributed by atoms with van der Waals surface area (Å²) in [4.78, 5) is 15.1. The highest BCUT2D eigenvalue weighted by Gasteiger charge is 2.33. The minimum absolute atomic E-state index is 0.0499. The van der Waals surface area contributed by atoms with E-state index in [9.17, 15) is 4.79 Å². The van der Waals surface area contributed by atoms with Crippen LogP contribution in [0.4, 0.5) is 0 Å². The van der Waals surface area contributed by atoms with Crippen LogP contribution in [-0.2, 0) is 11.2 Å². The van der Waals surface area contributed by atoms with E-state index in [-0.39, 0.29) is 25.2 Å². The molecular weight excluding hydrogens is 434 g/mol. The standard InChI is InChI=1S/C27H29NO6/c1-30-20-9-11-22(12-10-20)33-17-24-23-16-26(32-3)25(31-2)15-19(23)13-14-28(24)27(29)18-34-21-7-5-4-6-8-21/h4-12,15-16,24H,13-14,17-18H2,1-3H3. The van der Waals surface area contributed by atoms with Gasteiger partial charge in [0, 0.05) is 6.54 Å². The van der Waals surface area contributed by atoms with Crippen molar-refractivity contribution in [3.8, 4) is 28.7 Å². The molecule has 0 bridgehead atoms. The molecule has 0 N–H and O–H groups in total. The Morgan fingerprint density at radius 3 is 2.15 bits per heavy atom. The number of amides is 1. The Morgan fingerprint density at radius 1 is 0.824 bits per heavy atom. The first-order valence-corrected chi connectivity index (χ1v) is 11.1. The van der Waals surface area contributed by atoms with Crippen molar-refractivity contribution in [3.63, 3.8) is 0 Å². The van der Waals surface area contributed by atoms with Gasteiger partial charge in [-0.1, -0.05) is 18.2 Å². The summed E-state index contributed by atoms with van der Waals surface area (Å²) in [7, 11) is 4.85. The Kier molecular flexibility index (Phi) is 7.42. The first kappa shape index (κ1) is 23.3. The number of para-hydroxylation sites is 1. The third-order valence-electron chi connectivity index (χ3n) is 5.90. The van der Waals surface area contributed by atoms with Crippen molar-refractivity contribution in [1.29, 1.82) is 0 Å². The number of hydrogen-bond acceptors (Lipinski definition) is 6. The van der Waals surface area contributed by atoms with Gasteiger partial charge in [0.05, 0.1) is 27.4 Å². The van der Waals surface area contributed by atoms with Gasteiger partial charge in [0.1, 0.15) is 23.9 Å². The van der Waals surface area contributed by atoms with E-state index >= 15 is 0 Å². The van der Waals surface area contributed by atoms with Crippen molar-refractivity contribution in [2.75, 3.05) is 41.1 Å². The summed E-state index contributed by atoms with van der Waals surface area (Å²) in [6.45, 7) is 0.785. The number of hydrogen-bond donors (Lipinski definition) is 0. The third kappa shape index (κ3) is 5.20. The quantitative estimate of drug-likeness (QED) is 0.472. The minimum atomic E-state index is -0.308. The largest absolute Gasteiger partial charge is 0.497 e. The molecular formula is C27H29NO6. The van der Waals surface area contributed by atoms with Gasteiger partial charge in [-0.05, 0) is 66.1 Å².